The van der Waals surface area contributed by atoms with Gasteiger partial charge in [0.2, 0.25) is 0 Å². The van der Waals surface area contributed by atoms with Crippen molar-refractivity contribution in [2.75, 3.05) is 0 Å². The first kappa shape index (κ1) is 11.4. The van der Waals surface area contributed by atoms with Gasteiger partial charge in [-0.05, 0) is 24.8 Å². The lowest BCUT2D eigenvalue weighted by Gasteiger charge is -2.01. The Morgan fingerprint density at radius 1 is 1.22 bits per heavy atom. The Hall–Kier alpha value is -1.68. The second-order valence-electron chi connectivity index (χ2n) is 4.81. The third-order valence-electron chi connectivity index (χ3n) is 3.18. The van der Waals surface area contributed by atoms with Gasteiger partial charge < -0.3 is 5.32 Å². The van der Waals surface area contributed by atoms with Crippen LogP contribution in [0.3, 0.4) is 0 Å². The fraction of sp³-hybridized carbons (Fsp3) is 0.429. The van der Waals surface area contributed by atoms with Crippen molar-refractivity contribution < 1.29 is 0 Å². The molecule has 0 aliphatic heterocycles. The van der Waals surface area contributed by atoms with Crippen LogP contribution in [0.15, 0.2) is 36.7 Å². The second-order valence-corrected chi connectivity index (χ2v) is 4.81. The highest BCUT2D eigenvalue weighted by molar-refractivity contribution is 5.14. The number of rotatable bonds is 6. The smallest absolute Gasteiger partial charge is 0.164 e. The molecule has 94 valence electrons. The van der Waals surface area contributed by atoms with Gasteiger partial charge in [0.1, 0.15) is 6.33 Å². The SMILES string of the molecule is c1ccc(CCn2cnc(CNC3CC3)n2)cc1. The summed E-state index contributed by atoms with van der Waals surface area (Å²) in [5.41, 5.74) is 1.34. The first-order valence-corrected chi connectivity index (χ1v) is 6.56. The van der Waals surface area contributed by atoms with E-state index in [1.54, 1.807) is 0 Å². The van der Waals surface area contributed by atoms with Crippen molar-refractivity contribution in [3.8, 4) is 0 Å². The average molecular weight is 242 g/mol. The molecular formula is C14H18N4. The number of hydrogen-bond acceptors (Lipinski definition) is 3. The first-order chi connectivity index (χ1) is 8.90. The van der Waals surface area contributed by atoms with E-state index in [2.05, 4.69) is 39.7 Å². The van der Waals surface area contributed by atoms with Gasteiger partial charge in [-0.25, -0.2) is 4.98 Å². The monoisotopic (exact) mass is 242 g/mol. The van der Waals surface area contributed by atoms with Crippen LogP contribution in [-0.4, -0.2) is 20.8 Å². The maximum absolute atomic E-state index is 4.47. The summed E-state index contributed by atoms with van der Waals surface area (Å²) in [5, 5.41) is 7.89. The molecule has 1 aliphatic rings. The predicted molar refractivity (Wildman–Crippen MR) is 70.0 cm³/mol. The summed E-state index contributed by atoms with van der Waals surface area (Å²) in [6.45, 7) is 1.68. The van der Waals surface area contributed by atoms with Crippen molar-refractivity contribution in [1.82, 2.24) is 20.1 Å². The third-order valence-corrected chi connectivity index (χ3v) is 3.18. The fourth-order valence-corrected chi connectivity index (χ4v) is 1.93. The first-order valence-electron chi connectivity index (χ1n) is 6.56. The number of benzene rings is 1. The molecule has 1 aliphatic carbocycles. The fourth-order valence-electron chi connectivity index (χ4n) is 1.93. The zero-order valence-electron chi connectivity index (χ0n) is 10.4. The number of hydrogen-bond donors (Lipinski definition) is 1. The largest absolute Gasteiger partial charge is 0.307 e. The van der Waals surface area contributed by atoms with Crippen LogP contribution in [0, 0.1) is 0 Å². The van der Waals surface area contributed by atoms with E-state index < -0.39 is 0 Å². The van der Waals surface area contributed by atoms with E-state index in [9.17, 15) is 0 Å². The van der Waals surface area contributed by atoms with Gasteiger partial charge >= 0.3 is 0 Å². The highest BCUT2D eigenvalue weighted by Gasteiger charge is 2.20. The summed E-state index contributed by atoms with van der Waals surface area (Å²) < 4.78 is 1.93. The lowest BCUT2D eigenvalue weighted by molar-refractivity contribution is 0.590. The molecule has 4 heteroatoms. The van der Waals surface area contributed by atoms with E-state index in [1.165, 1.54) is 18.4 Å². The molecular weight excluding hydrogens is 224 g/mol. The van der Waals surface area contributed by atoms with E-state index in [4.69, 9.17) is 0 Å². The molecule has 1 aromatic heterocycles. The van der Waals surface area contributed by atoms with Gasteiger partial charge in [-0.3, -0.25) is 4.68 Å². The molecule has 0 spiro atoms. The Balaban J connectivity index is 1.50. The van der Waals surface area contributed by atoms with Gasteiger partial charge in [0.25, 0.3) is 0 Å². The minimum Gasteiger partial charge on any atom is -0.307 e. The molecule has 1 N–H and O–H groups in total. The van der Waals surface area contributed by atoms with Crippen LogP contribution in [-0.2, 0) is 19.5 Å². The average Bonchev–Trinajstić information content (AvgIpc) is 3.14. The van der Waals surface area contributed by atoms with Crippen molar-refractivity contribution in [3.05, 3.63) is 48.0 Å². The molecule has 1 aromatic carbocycles. The zero-order chi connectivity index (χ0) is 12.2. The minimum absolute atomic E-state index is 0.710. The van der Waals surface area contributed by atoms with Crippen LogP contribution in [0.25, 0.3) is 0 Å². The lowest BCUT2D eigenvalue weighted by Crippen LogP contribution is -2.16. The Kier molecular flexibility index (Phi) is 3.37. The number of aromatic nitrogens is 3. The molecule has 0 atom stereocenters. The number of aryl methyl sites for hydroxylation is 2. The lowest BCUT2D eigenvalue weighted by atomic mass is 10.2. The maximum atomic E-state index is 4.47. The van der Waals surface area contributed by atoms with Crippen LogP contribution >= 0.6 is 0 Å². The van der Waals surface area contributed by atoms with Crippen LogP contribution in [0.2, 0.25) is 0 Å². The summed E-state index contributed by atoms with van der Waals surface area (Å²) in [6.07, 6.45) is 5.43. The second kappa shape index (κ2) is 5.31. The van der Waals surface area contributed by atoms with E-state index in [-0.39, 0.29) is 0 Å². The molecule has 4 nitrogen and oxygen atoms in total. The molecule has 0 saturated heterocycles. The quantitative estimate of drug-likeness (QED) is 0.839. The Morgan fingerprint density at radius 3 is 2.83 bits per heavy atom. The van der Waals surface area contributed by atoms with Crippen molar-refractivity contribution in [2.24, 2.45) is 0 Å². The normalized spacial score (nSPS) is 14.9. The van der Waals surface area contributed by atoms with Crippen LogP contribution in [0.5, 0.6) is 0 Å². The summed E-state index contributed by atoms with van der Waals surface area (Å²) in [4.78, 5) is 4.32. The molecule has 0 bridgehead atoms. The van der Waals surface area contributed by atoms with Crippen molar-refractivity contribution in [3.63, 3.8) is 0 Å². The maximum Gasteiger partial charge on any atom is 0.164 e. The summed E-state index contributed by atoms with van der Waals surface area (Å²) in [5.74, 6) is 0.898. The molecule has 0 amide bonds. The van der Waals surface area contributed by atoms with Crippen LogP contribution < -0.4 is 5.32 Å². The van der Waals surface area contributed by atoms with E-state index in [1.807, 2.05) is 17.1 Å². The molecule has 1 fully saturated rings. The number of nitrogens with zero attached hydrogens (tertiary/aromatic N) is 3. The van der Waals surface area contributed by atoms with Gasteiger partial charge in [0.15, 0.2) is 5.82 Å². The highest BCUT2D eigenvalue weighted by atomic mass is 15.3. The Labute approximate surface area is 107 Å². The standard InChI is InChI=1S/C14H18N4/c1-2-4-12(5-3-1)8-9-18-11-16-14(17-18)10-15-13-6-7-13/h1-5,11,13,15H,6-10H2. The minimum atomic E-state index is 0.710. The molecule has 18 heavy (non-hydrogen) atoms. The van der Waals surface area contributed by atoms with Gasteiger partial charge in [-0.15, -0.1) is 0 Å². The predicted octanol–water partition coefficient (Wildman–Crippen LogP) is 1.77. The topological polar surface area (TPSA) is 42.7 Å². The summed E-state index contributed by atoms with van der Waals surface area (Å²) in [7, 11) is 0. The van der Waals surface area contributed by atoms with Crippen molar-refractivity contribution >= 4 is 0 Å². The molecule has 0 radical (unpaired) electrons. The Morgan fingerprint density at radius 2 is 2.06 bits per heavy atom. The van der Waals surface area contributed by atoms with E-state index in [0.29, 0.717) is 6.04 Å². The van der Waals surface area contributed by atoms with Crippen molar-refractivity contribution in [1.29, 1.82) is 0 Å². The van der Waals surface area contributed by atoms with Gasteiger partial charge in [0.05, 0.1) is 6.54 Å². The van der Waals surface area contributed by atoms with E-state index >= 15 is 0 Å². The molecule has 1 heterocycles. The van der Waals surface area contributed by atoms with Gasteiger partial charge in [-0.2, -0.15) is 5.10 Å². The molecule has 0 unspecified atom stereocenters. The third kappa shape index (κ3) is 3.17. The number of nitrogens with one attached hydrogen (secondary N) is 1. The van der Waals surface area contributed by atoms with Crippen LogP contribution in [0.1, 0.15) is 24.2 Å². The molecule has 3 rings (SSSR count). The van der Waals surface area contributed by atoms with Crippen LogP contribution in [0.4, 0.5) is 0 Å². The van der Waals surface area contributed by atoms with Gasteiger partial charge in [-0.1, -0.05) is 30.3 Å². The summed E-state index contributed by atoms with van der Waals surface area (Å²) in [6, 6.07) is 11.2. The van der Waals surface area contributed by atoms with Gasteiger partial charge in [0, 0.05) is 12.6 Å². The Bertz CT molecular complexity index is 488. The summed E-state index contributed by atoms with van der Waals surface area (Å²) >= 11 is 0. The highest BCUT2D eigenvalue weighted by Crippen LogP contribution is 2.18. The zero-order valence-corrected chi connectivity index (χ0v) is 10.4. The van der Waals surface area contributed by atoms with Crippen molar-refractivity contribution in [2.45, 2.75) is 38.4 Å². The molecule has 2 aromatic rings. The van der Waals surface area contributed by atoms with E-state index in [0.717, 1.165) is 25.3 Å². The molecule has 1 saturated carbocycles.